The van der Waals surface area contributed by atoms with Gasteiger partial charge in [0.05, 0.1) is 18.9 Å². The van der Waals surface area contributed by atoms with Gasteiger partial charge in [-0.15, -0.1) is 0 Å². The van der Waals surface area contributed by atoms with Crippen molar-refractivity contribution < 1.29 is 13.5 Å². The quantitative estimate of drug-likeness (QED) is 0.774. The predicted octanol–water partition coefficient (Wildman–Crippen LogP) is 4.34. The Balaban J connectivity index is 0.00000210. The van der Waals surface area contributed by atoms with Crippen LogP contribution < -0.4 is 5.73 Å². The molecule has 1 aromatic heterocycles. The van der Waals surface area contributed by atoms with Crippen molar-refractivity contribution in [2.75, 3.05) is 12.4 Å². The SMILES string of the molecule is C.[C-]#[N+]c1ccc(F)c([C@]23CO[C@@H](c4nc(C)co4)C[C@H]2CSC(N)=N3)c1. The normalized spacial score (nSPS) is 27.1. The molecule has 3 heterocycles. The summed E-state index contributed by atoms with van der Waals surface area (Å²) in [5.74, 6) is 0.802. The van der Waals surface area contributed by atoms with Crippen molar-refractivity contribution in [2.45, 2.75) is 32.4 Å². The highest BCUT2D eigenvalue weighted by Crippen LogP contribution is 2.49. The fraction of sp³-hybridized carbons (Fsp3) is 0.421. The van der Waals surface area contributed by atoms with E-state index in [1.54, 1.807) is 12.3 Å². The van der Waals surface area contributed by atoms with E-state index in [2.05, 4.69) is 14.8 Å². The lowest BCUT2D eigenvalue weighted by atomic mass is 9.75. The number of thioether (sulfide) groups is 1. The van der Waals surface area contributed by atoms with E-state index in [1.165, 1.54) is 23.9 Å². The number of aliphatic imine (C=N–C) groups is 1. The van der Waals surface area contributed by atoms with Gasteiger partial charge < -0.3 is 14.9 Å². The maximum atomic E-state index is 14.7. The van der Waals surface area contributed by atoms with Crippen LogP contribution in [0, 0.1) is 25.2 Å². The fourth-order valence-electron chi connectivity index (χ4n) is 3.58. The number of hydrogen-bond acceptors (Lipinski definition) is 6. The van der Waals surface area contributed by atoms with Gasteiger partial charge in [-0.3, -0.25) is 0 Å². The molecule has 0 bridgehead atoms. The van der Waals surface area contributed by atoms with Gasteiger partial charge in [0.2, 0.25) is 5.89 Å². The molecule has 1 aromatic carbocycles. The van der Waals surface area contributed by atoms with Crippen molar-refractivity contribution in [3.8, 4) is 0 Å². The van der Waals surface area contributed by atoms with Gasteiger partial charge in [-0.25, -0.2) is 19.2 Å². The molecule has 4 rings (SSSR count). The van der Waals surface area contributed by atoms with E-state index < -0.39 is 11.4 Å². The Bertz CT molecular complexity index is 923. The molecular formula is C19H21FN4O2S. The van der Waals surface area contributed by atoms with Crippen LogP contribution in [-0.2, 0) is 10.3 Å². The van der Waals surface area contributed by atoms with Crippen molar-refractivity contribution in [3.05, 3.63) is 58.8 Å². The zero-order chi connectivity index (χ0) is 18.3. The molecule has 0 radical (unpaired) electrons. The number of oxazole rings is 1. The molecule has 2 aliphatic heterocycles. The van der Waals surface area contributed by atoms with Crippen LogP contribution in [-0.4, -0.2) is 22.5 Å². The average molecular weight is 388 g/mol. The van der Waals surface area contributed by atoms with Crippen molar-refractivity contribution in [1.82, 2.24) is 4.98 Å². The highest BCUT2D eigenvalue weighted by atomic mass is 32.2. The van der Waals surface area contributed by atoms with Gasteiger partial charge in [-0.1, -0.05) is 25.3 Å². The number of aromatic nitrogens is 1. The molecule has 6 nitrogen and oxygen atoms in total. The third-order valence-corrected chi connectivity index (χ3v) is 5.83. The van der Waals surface area contributed by atoms with E-state index in [9.17, 15) is 4.39 Å². The third-order valence-electron chi connectivity index (χ3n) is 4.88. The zero-order valence-corrected chi connectivity index (χ0v) is 14.9. The molecular weight excluding hydrogens is 367 g/mol. The minimum absolute atomic E-state index is 0. The van der Waals surface area contributed by atoms with Crippen LogP contribution in [0.5, 0.6) is 0 Å². The fourth-order valence-corrected chi connectivity index (χ4v) is 4.59. The molecule has 142 valence electrons. The third kappa shape index (κ3) is 3.33. The van der Waals surface area contributed by atoms with Crippen molar-refractivity contribution >= 4 is 22.6 Å². The predicted molar refractivity (Wildman–Crippen MR) is 103 cm³/mol. The van der Waals surface area contributed by atoms with Crippen molar-refractivity contribution in [1.29, 1.82) is 0 Å². The molecule has 27 heavy (non-hydrogen) atoms. The summed E-state index contributed by atoms with van der Waals surface area (Å²) in [6, 6.07) is 4.33. The van der Waals surface area contributed by atoms with Gasteiger partial charge in [0.15, 0.2) is 10.9 Å². The number of fused-ring (bicyclic) bond motifs is 1. The molecule has 0 aliphatic carbocycles. The molecule has 1 saturated heterocycles. The first-order valence-corrected chi connectivity index (χ1v) is 9.19. The lowest BCUT2D eigenvalue weighted by Gasteiger charge is -2.45. The standard InChI is InChI=1S/C18H17FN4O2S.CH4/c1-10-7-24-16(22-10)15-5-11-8-26-17(20)23-18(11,9-25-15)13-6-12(21-2)3-4-14(13)19;/h3-4,6-7,11,15H,5,8-9H2,1H3,(H2,20,23);1H4/t11-,15+,18-;/m0./s1. The van der Waals surface area contributed by atoms with Gasteiger partial charge in [0.25, 0.3) is 0 Å². The van der Waals surface area contributed by atoms with Gasteiger partial charge in [0.1, 0.15) is 23.7 Å². The smallest absolute Gasteiger partial charge is 0.223 e. The van der Waals surface area contributed by atoms with E-state index in [4.69, 9.17) is 21.5 Å². The Labute approximate surface area is 161 Å². The first-order chi connectivity index (χ1) is 12.5. The number of nitrogens with zero attached hydrogens (tertiary/aromatic N) is 3. The number of nitrogens with two attached hydrogens (primary N) is 1. The zero-order valence-electron chi connectivity index (χ0n) is 14.1. The monoisotopic (exact) mass is 388 g/mol. The minimum atomic E-state index is -0.932. The van der Waals surface area contributed by atoms with Gasteiger partial charge in [0, 0.05) is 17.2 Å². The number of rotatable bonds is 2. The summed E-state index contributed by atoms with van der Waals surface area (Å²) in [4.78, 5) is 12.4. The number of benzene rings is 1. The molecule has 2 aromatic rings. The van der Waals surface area contributed by atoms with Gasteiger partial charge >= 0.3 is 0 Å². The maximum Gasteiger partial charge on any atom is 0.223 e. The summed E-state index contributed by atoms with van der Waals surface area (Å²) in [5, 5.41) is 0.405. The summed E-state index contributed by atoms with van der Waals surface area (Å²) in [6.07, 6.45) is 1.88. The molecule has 3 atom stereocenters. The van der Waals surface area contributed by atoms with E-state index in [0.717, 1.165) is 5.69 Å². The van der Waals surface area contributed by atoms with E-state index in [0.29, 0.717) is 34.5 Å². The Hall–Kier alpha value is -2.37. The average Bonchev–Trinajstić information content (AvgIpc) is 3.08. The number of hydrogen-bond donors (Lipinski definition) is 1. The topological polar surface area (TPSA) is 78.0 Å². The maximum absolute atomic E-state index is 14.7. The van der Waals surface area contributed by atoms with Crippen LogP contribution >= 0.6 is 11.8 Å². The lowest BCUT2D eigenvalue weighted by molar-refractivity contribution is -0.0697. The molecule has 0 saturated carbocycles. The summed E-state index contributed by atoms with van der Waals surface area (Å²) in [7, 11) is 0. The highest BCUT2D eigenvalue weighted by Gasteiger charge is 2.50. The van der Waals surface area contributed by atoms with E-state index in [1.807, 2.05) is 6.92 Å². The Morgan fingerprint density at radius 3 is 2.96 bits per heavy atom. The highest BCUT2D eigenvalue weighted by molar-refractivity contribution is 8.13. The summed E-state index contributed by atoms with van der Waals surface area (Å²) >= 11 is 1.45. The van der Waals surface area contributed by atoms with Crippen LogP contribution in [0.25, 0.3) is 4.85 Å². The number of halogens is 1. The second-order valence-corrected chi connectivity index (χ2v) is 7.56. The van der Waals surface area contributed by atoms with E-state index in [-0.39, 0.29) is 26.1 Å². The Morgan fingerprint density at radius 1 is 1.44 bits per heavy atom. The lowest BCUT2D eigenvalue weighted by Crippen LogP contribution is -2.48. The summed E-state index contributed by atoms with van der Waals surface area (Å²) in [5.41, 5.74) is 6.56. The van der Waals surface area contributed by atoms with Crippen molar-refractivity contribution in [3.63, 3.8) is 0 Å². The van der Waals surface area contributed by atoms with Gasteiger partial charge in [-0.05, 0) is 25.5 Å². The Kier molecular flexibility index (Phi) is 5.27. The molecule has 8 heteroatoms. The first-order valence-electron chi connectivity index (χ1n) is 8.21. The molecule has 0 amide bonds. The number of amidine groups is 1. The largest absolute Gasteiger partial charge is 0.446 e. The summed E-state index contributed by atoms with van der Waals surface area (Å²) in [6.45, 7) is 9.24. The van der Waals surface area contributed by atoms with Crippen LogP contribution in [0.1, 0.15) is 37.1 Å². The van der Waals surface area contributed by atoms with Crippen LogP contribution in [0.4, 0.5) is 10.1 Å². The molecule has 0 spiro atoms. The molecule has 1 fully saturated rings. The molecule has 2 N–H and O–H groups in total. The van der Waals surface area contributed by atoms with E-state index >= 15 is 0 Å². The minimum Gasteiger partial charge on any atom is -0.446 e. The molecule has 0 unspecified atom stereocenters. The van der Waals surface area contributed by atoms with Gasteiger partial charge in [-0.2, -0.15) is 0 Å². The van der Waals surface area contributed by atoms with Crippen LogP contribution in [0.3, 0.4) is 0 Å². The number of aryl methyl sites for hydroxylation is 1. The molecule has 2 aliphatic rings. The van der Waals surface area contributed by atoms with Crippen LogP contribution in [0.15, 0.2) is 33.9 Å². The van der Waals surface area contributed by atoms with Crippen LogP contribution in [0.2, 0.25) is 0 Å². The second kappa shape index (κ2) is 7.33. The first kappa shape index (κ1) is 19.4. The Morgan fingerprint density at radius 2 is 2.26 bits per heavy atom. The second-order valence-electron chi connectivity index (χ2n) is 6.52. The van der Waals surface area contributed by atoms with Crippen molar-refractivity contribution in [2.24, 2.45) is 16.6 Å². The number of ether oxygens (including phenoxy) is 1. The summed E-state index contributed by atoms with van der Waals surface area (Å²) < 4.78 is 26.2.